The fraction of sp³-hybridized carbons (Fsp3) is 0.176. The number of nitrogens with zero attached hydrogens (tertiary/aromatic N) is 8. The summed E-state index contributed by atoms with van der Waals surface area (Å²) in [6, 6.07) is 19.8. The van der Waals surface area contributed by atoms with Gasteiger partial charge in [0.2, 0.25) is 10.3 Å². The zero-order chi connectivity index (χ0) is 18.3. The molecule has 0 amide bonds. The predicted octanol–water partition coefficient (Wildman–Crippen LogP) is 2.91. The summed E-state index contributed by atoms with van der Waals surface area (Å²) in [7, 11) is 0. The van der Waals surface area contributed by atoms with Crippen LogP contribution in [0.15, 0.2) is 71.0 Å². The van der Waals surface area contributed by atoms with Gasteiger partial charge >= 0.3 is 0 Å². The van der Waals surface area contributed by atoms with Crippen molar-refractivity contribution in [3.05, 3.63) is 60.7 Å². The lowest BCUT2D eigenvalue weighted by molar-refractivity contribution is 0.755. The van der Waals surface area contributed by atoms with Crippen LogP contribution < -0.4 is 0 Å². The lowest BCUT2D eigenvalue weighted by Gasteiger charge is -2.05. The summed E-state index contributed by atoms with van der Waals surface area (Å²) >= 11 is 3.28. The first-order chi connectivity index (χ1) is 13.4. The lowest BCUT2D eigenvalue weighted by Crippen LogP contribution is -2.00. The van der Waals surface area contributed by atoms with E-state index in [9.17, 15) is 0 Å². The molecule has 0 saturated heterocycles. The second kappa shape index (κ2) is 8.78. The summed E-state index contributed by atoms with van der Waals surface area (Å²) in [5.41, 5.74) is 1.92. The molecule has 0 saturated carbocycles. The molecular weight excluding hydrogens is 380 g/mol. The third-order valence-corrected chi connectivity index (χ3v) is 5.65. The Bertz CT molecular complexity index is 891. The Balaban J connectivity index is 1.29. The minimum Gasteiger partial charge on any atom is -0.188 e. The number of aromatic nitrogens is 8. The van der Waals surface area contributed by atoms with Gasteiger partial charge in [-0.3, -0.25) is 0 Å². The summed E-state index contributed by atoms with van der Waals surface area (Å²) in [6.45, 7) is 0. The molecule has 0 aliphatic heterocycles. The lowest BCUT2D eigenvalue weighted by atomic mass is 10.3. The molecule has 0 aliphatic carbocycles. The summed E-state index contributed by atoms with van der Waals surface area (Å²) in [4.78, 5) is 0. The molecule has 2 aromatic heterocycles. The van der Waals surface area contributed by atoms with Crippen molar-refractivity contribution in [2.45, 2.75) is 16.7 Å². The molecule has 0 radical (unpaired) electrons. The molecule has 0 N–H and O–H groups in total. The van der Waals surface area contributed by atoms with E-state index >= 15 is 0 Å². The van der Waals surface area contributed by atoms with Gasteiger partial charge in [0.15, 0.2) is 0 Å². The predicted molar refractivity (Wildman–Crippen MR) is 104 cm³/mol. The van der Waals surface area contributed by atoms with Crippen LogP contribution in [-0.2, 0) is 0 Å². The average molecular weight is 397 g/mol. The highest BCUT2D eigenvalue weighted by Gasteiger charge is 2.10. The van der Waals surface area contributed by atoms with E-state index in [0.29, 0.717) is 0 Å². The minimum absolute atomic E-state index is 0.792. The topological polar surface area (TPSA) is 87.2 Å². The molecule has 10 heteroatoms. The highest BCUT2D eigenvalue weighted by atomic mass is 32.2. The van der Waals surface area contributed by atoms with E-state index in [-0.39, 0.29) is 0 Å². The largest absolute Gasteiger partial charge is 0.214 e. The van der Waals surface area contributed by atoms with Crippen LogP contribution in [0.1, 0.15) is 6.42 Å². The summed E-state index contributed by atoms with van der Waals surface area (Å²) < 4.78 is 3.52. The maximum Gasteiger partial charge on any atom is 0.214 e. The molecule has 27 heavy (non-hydrogen) atoms. The Hall–Kier alpha value is -2.72. The van der Waals surface area contributed by atoms with Gasteiger partial charge in [-0.15, -0.1) is 10.2 Å². The maximum atomic E-state index is 4.12. The molecular formula is C17H16N8S2. The second-order valence-corrected chi connectivity index (χ2v) is 7.59. The van der Waals surface area contributed by atoms with E-state index in [4.69, 9.17) is 0 Å². The Morgan fingerprint density at radius 1 is 0.630 bits per heavy atom. The van der Waals surface area contributed by atoms with Crippen LogP contribution in [-0.4, -0.2) is 51.9 Å². The number of para-hydroxylation sites is 2. The fourth-order valence-corrected chi connectivity index (χ4v) is 4.23. The van der Waals surface area contributed by atoms with Crippen LogP contribution in [0.2, 0.25) is 0 Å². The van der Waals surface area contributed by atoms with Gasteiger partial charge in [-0.2, -0.15) is 9.36 Å². The van der Waals surface area contributed by atoms with Crippen molar-refractivity contribution in [2.75, 3.05) is 11.5 Å². The molecule has 4 aromatic rings. The van der Waals surface area contributed by atoms with Crippen molar-refractivity contribution >= 4 is 23.5 Å². The molecule has 0 atom stereocenters. The Kier molecular flexibility index (Phi) is 5.75. The number of thioether (sulfide) groups is 2. The van der Waals surface area contributed by atoms with Gasteiger partial charge in [0.05, 0.1) is 11.4 Å². The van der Waals surface area contributed by atoms with Gasteiger partial charge in [-0.05, 0) is 51.5 Å². The molecule has 0 spiro atoms. The smallest absolute Gasteiger partial charge is 0.188 e. The molecule has 0 aliphatic rings. The first-order valence-corrected chi connectivity index (χ1v) is 10.3. The van der Waals surface area contributed by atoms with Crippen molar-refractivity contribution in [3.63, 3.8) is 0 Å². The zero-order valence-electron chi connectivity index (χ0n) is 14.3. The molecule has 0 unspecified atom stereocenters. The minimum atomic E-state index is 0.792. The van der Waals surface area contributed by atoms with Crippen molar-refractivity contribution < 1.29 is 0 Å². The van der Waals surface area contributed by atoms with Crippen molar-refractivity contribution in [1.82, 2.24) is 40.4 Å². The van der Waals surface area contributed by atoms with Gasteiger partial charge < -0.3 is 0 Å². The zero-order valence-corrected chi connectivity index (χ0v) is 15.9. The third kappa shape index (κ3) is 4.34. The van der Waals surface area contributed by atoms with E-state index in [1.165, 1.54) is 0 Å². The van der Waals surface area contributed by atoms with Crippen LogP contribution in [0.4, 0.5) is 0 Å². The van der Waals surface area contributed by atoms with Crippen molar-refractivity contribution in [3.8, 4) is 11.4 Å². The fourth-order valence-electron chi connectivity index (χ4n) is 2.39. The van der Waals surface area contributed by atoms with Crippen LogP contribution in [0.3, 0.4) is 0 Å². The quantitative estimate of drug-likeness (QED) is 0.332. The molecule has 4 rings (SSSR count). The van der Waals surface area contributed by atoms with Crippen LogP contribution in [0, 0.1) is 0 Å². The van der Waals surface area contributed by atoms with Gasteiger partial charge in [-0.25, -0.2) is 0 Å². The molecule has 0 bridgehead atoms. The molecule has 2 heterocycles. The number of hydrogen-bond acceptors (Lipinski definition) is 8. The van der Waals surface area contributed by atoms with Gasteiger partial charge in [-0.1, -0.05) is 59.9 Å². The Labute approximate surface area is 164 Å². The van der Waals surface area contributed by atoms with Crippen molar-refractivity contribution in [1.29, 1.82) is 0 Å². The number of rotatable bonds is 8. The molecule has 2 aromatic carbocycles. The molecule has 8 nitrogen and oxygen atoms in total. The molecule has 0 fully saturated rings. The SMILES string of the molecule is c1ccc(-n2nnnc2SCCCSc2nnnn2-c2ccccc2)cc1. The van der Waals surface area contributed by atoms with Crippen molar-refractivity contribution in [2.24, 2.45) is 0 Å². The van der Waals surface area contributed by atoms with E-state index in [1.54, 1.807) is 32.9 Å². The molecule has 136 valence electrons. The second-order valence-electron chi connectivity index (χ2n) is 5.47. The van der Waals surface area contributed by atoms with Crippen LogP contribution >= 0.6 is 23.5 Å². The van der Waals surface area contributed by atoms with Gasteiger partial charge in [0.1, 0.15) is 0 Å². The number of hydrogen-bond donors (Lipinski definition) is 0. The van der Waals surface area contributed by atoms with Gasteiger partial charge in [0.25, 0.3) is 0 Å². The third-order valence-electron chi connectivity index (χ3n) is 3.63. The normalized spacial score (nSPS) is 11.0. The van der Waals surface area contributed by atoms with E-state index in [1.807, 2.05) is 60.7 Å². The summed E-state index contributed by atoms with van der Waals surface area (Å²) in [5, 5.41) is 25.5. The Morgan fingerprint density at radius 2 is 1.07 bits per heavy atom. The standard InChI is InChI=1S/C17H16N8S2/c1-3-8-14(9-4-1)24-16(18-20-22-24)26-12-7-13-27-17-19-21-23-25(17)15-10-5-2-6-11-15/h1-6,8-11H,7,12-13H2. The average Bonchev–Trinajstić information content (AvgIpc) is 3.38. The summed E-state index contributed by atoms with van der Waals surface area (Å²) in [6.07, 6.45) is 0.985. The highest BCUT2D eigenvalue weighted by Crippen LogP contribution is 2.22. The van der Waals surface area contributed by atoms with Crippen LogP contribution in [0.5, 0.6) is 0 Å². The van der Waals surface area contributed by atoms with E-state index < -0.39 is 0 Å². The first-order valence-electron chi connectivity index (χ1n) is 8.35. The first kappa shape index (κ1) is 17.7. The van der Waals surface area contributed by atoms with Crippen LogP contribution in [0.25, 0.3) is 11.4 Å². The Morgan fingerprint density at radius 3 is 1.52 bits per heavy atom. The highest BCUT2D eigenvalue weighted by molar-refractivity contribution is 8.00. The maximum absolute atomic E-state index is 4.12. The number of benzene rings is 2. The number of tetrazole rings is 2. The monoisotopic (exact) mass is 396 g/mol. The van der Waals surface area contributed by atoms with E-state index in [0.717, 1.165) is 39.6 Å². The van der Waals surface area contributed by atoms with Gasteiger partial charge in [0, 0.05) is 11.5 Å². The van der Waals surface area contributed by atoms with E-state index in [2.05, 4.69) is 31.1 Å². The summed E-state index contributed by atoms with van der Waals surface area (Å²) in [5.74, 6) is 1.82.